The van der Waals surface area contributed by atoms with Crippen LogP contribution in [0.1, 0.15) is 22.4 Å². The first-order valence-electron chi connectivity index (χ1n) is 7.89. The van der Waals surface area contributed by atoms with Gasteiger partial charge in [-0.1, -0.05) is 12.1 Å². The summed E-state index contributed by atoms with van der Waals surface area (Å²) in [4.78, 5) is 17.1. The maximum absolute atomic E-state index is 12.8. The van der Waals surface area contributed by atoms with E-state index < -0.39 is 11.7 Å². The summed E-state index contributed by atoms with van der Waals surface area (Å²) in [6.45, 7) is 1.45. The van der Waals surface area contributed by atoms with E-state index in [1.54, 1.807) is 6.20 Å². The van der Waals surface area contributed by atoms with Crippen molar-refractivity contribution in [1.29, 1.82) is 0 Å². The first kappa shape index (κ1) is 15.9. The molecule has 3 aromatic rings. The fraction of sp³-hybridized carbons (Fsp3) is 0.294. The number of aromatic nitrogens is 3. The maximum Gasteiger partial charge on any atom is 0.416 e. The molecule has 5 nitrogen and oxygen atoms in total. The minimum atomic E-state index is -4.37. The zero-order chi connectivity index (χ0) is 17.6. The molecular weight excluding hydrogens is 333 g/mol. The van der Waals surface area contributed by atoms with Crippen molar-refractivity contribution in [1.82, 2.24) is 19.3 Å². The molecule has 0 atom stereocenters. The standard InChI is InChI=1S/C17H15F3N4O/c18-17(19,20)12-3-1-11(2-4-12)10-24-15(25)13-9-21-6-5-14(13)23-8-7-22-16(23)24/h1-4,7-8,21H,5-6,9-10H2. The second-order valence-corrected chi connectivity index (χ2v) is 6.04. The van der Waals surface area contributed by atoms with E-state index in [1.165, 1.54) is 16.7 Å². The fourth-order valence-corrected chi connectivity index (χ4v) is 3.22. The Bertz CT molecular complexity index is 986. The highest BCUT2D eigenvalue weighted by Crippen LogP contribution is 2.29. The van der Waals surface area contributed by atoms with Gasteiger partial charge in [0.15, 0.2) is 0 Å². The quantitative estimate of drug-likeness (QED) is 0.773. The lowest BCUT2D eigenvalue weighted by Crippen LogP contribution is -2.36. The maximum atomic E-state index is 12.8. The summed E-state index contributed by atoms with van der Waals surface area (Å²) in [6, 6.07) is 4.85. The van der Waals surface area contributed by atoms with Gasteiger partial charge in [-0.15, -0.1) is 0 Å². The molecule has 2 aromatic heterocycles. The molecule has 0 saturated carbocycles. The Kier molecular flexibility index (Phi) is 3.64. The molecule has 1 aliphatic rings. The number of imidazole rings is 1. The summed E-state index contributed by atoms with van der Waals surface area (Å²) < 4.78 is 41.5. The Balaban J connectivity index is 1.78. The third-order valence-electron chi connectivity index (χ3n) is 4.47. The van der Waals surface area contributed by atoms with E-state index in [4.69, 9.17) is 0 Å². The molecule has 1 aromatic carbocycles. The second-order valence-electron chi connectivity index (χ2n) is 6.04. The van der Waals surface area contributed by atoms with Gasteiger partial charge in [0, 0.05) is 37.6 Å². The van der Waals surface area contributed by atoms with Crippen LogP contribution in [0.4, 0.5) is 13.2 Å². The van der Waals surface area contributed by atoms with E-state index in [9.17, 15) is 18.0 Å². The van der Waals surface area contributed by atoms with Crippen LogP contribution in [0.25, 0.3) is 5.78 Å². The Hall–Kier alpha value is -2.61. The van der Waals surface area contributed by atoms with Crippen LogP contribution in [0.5, 0.6) is 0 Å². The van der Waals surface area contributed by atoms with E-state index in [0.717, 1.165) is 30.8 Å². The third-order valence-corrected chi connectivity index (χ3v) is 4.47. The average Bonchev–Trinajstić information content (AvgIpc) is 3.08. The van der Waals surface area contributed by atoms with Crippen LogP contribution < -0.4 is 10.9 Å². The average molecular weight is 348 g/mol. The molecule has 4 rings (SSSR count). The monoisotopic (exact) mass is 348 g/mol. The van der Waals surface area contributed by atoms with Gasteiger partial charge in [0.2, 0.25) is 5.78 Å². The molecule has 1 N–H and O–H groups in total. The highest BCUT2D eigenvalue weighted by Gasteiger charge is 2.30. The first-order chi connectivity index (χ1) is 11.9. The van der Waals surface area contributed by atoms with E-state index in [2.05, 4.69) is 10.3 Å². The van der Waals surface area contributed by atoms with Crippen molar-refractivity contribution in [3.63, 3.8) is 0 Å². The minimum Gasteiger partial charge on any atom is -0.312 e. The summed E-state index contributed by atoms with van der Waals surface area (Å²) in [6.07, 6.45) is -0.204. The third kappa shape index (κ3) is 2.72. The van der Waals surface area contributed by atoms with E-state index in [1.807, 2.05) is 10.6 Å². The van der Waals surface area contributed by atoms with E-state index >= 15 is 0 Å². The Morgan fingerprint density at radius 1 is 1.20 bits per heavy atom. The molecule has 0 radical (unpaired) electrons. The molecular formula is C17H15F3N4O. The van der Waals surface area contributed by atoms with Gasteiger partial charge < -0.3 is 5.32 Å². The molecule has 0 amide bonds. The topological polar surface area (TPSA) is 51.3 Å². The van der Waals surface area contributed by atoms with E-state index in [0.29, 0.717) is 23.4 Å². The van der Waals surface area contributed by atoms with Crippen LogP contribution in [0.3, 0.4) is 0 Å². The summed E-state index contributed by atoms with van der Waals surface area (Å²) in [5.74, 6) is 0.505. The Morgan fingerprint density at radius 2 is 1.96 bits per heavy atom. The predicted molar refractivity (Wildman–Crippen MR) is 85.4 cm³/mol. The molecule has 25 heavy (non-hydrogen) atoms. The van der Waals surface area contributed by atoms with Gasteiger partial charge in [0.05, 0.1) is 17.7 Å². The molecule has 3 heterocycles. The molecule has 1 aliphatic heterocycles. The molecule has 0 aliphatic carbocycles. The number of hydrogen-bond acceptors (Lipinski definition) is 3. The van der Waals surface area contributed by atoms with Gasteiger partial charge in [-0.25, -0.2) is 4.98 Å². The van der Waals surface area contributed by atoms with Crippen molar-refractivity contribution < 1.29 is 13.2 Å². The van der Waals surface area contributed by atoms with Gasteiger partial charge >= 0.3 is 6.18 Å². The van der Waals surface area contributed by atoms with Crippen molar-refractivity contribution in [2.45, 2.75) is 25.7 Å². The van der Waals surface area contributed by atoms with Gasteiger partial charge in [-0.3, -0.25) is 13.8 Å². The molecule has 0 bridgehead atoms. The minimum absolute atomic E-state index is 0.152. The molecule has 130 valence electrons. The number of nitrogens with one attached hydrogen (secondary N) is 1. The fourth-order valence-electron chi connectivity index (χ4n) is 3.22. The Labute approximate surface area is 140 Å². The van der Waals surface area contributed by atoms with Gasteiger partial charge in [0.1, 0.15) is 0 Å². The molecule has 8 heteroatoms. The summed E-state index contributed by atoms with van der Waals surface area (Å²) in [5, 5.41) is 3.18. The van der Waals surface area contributed by atoms with Crippen molar-refractivity contribution >= 4 is 5.78 Å². The van der Waals surface area contributed by atoms with Gasteiger partial charge in [0.25, 0.3) is 5.56 Å². The van der Waals surface area contributed by atoms with Crippen molar-refractivity contribution in [3.8, 4) is 0 Å². The van der Waals surface area contributed by atoms with Crippen LogP contribution in [0, 0.1) is 0 Å². The lowest BCUT2D eigenvalue weighted by atomic mass is 10.1. The number of benzene rings is 1. The normalized spacial score (nSPS) is 14.7. The summed E-state index contributed by atoms with van der Waals surface area (Å²) in [5.41, 5.74) is 1.39. The van der Waals surface area contributed by atoms with Crippen LogP contribution in [-0.2, 0) is 25.7 Å². The first-order valence-corrected chi connectivity index (χ1v) is 7.89. The number of nitrogens with zero attached hydrogens (tertiary/aromatic N) is 3. The molecule has 0 saturated heterocycles. The lowest BCUT2D eigenvalue weighted by Gasteiger charge is -2.20. The smallest absolute Gasteiger partial charge is 0.312 e. The zero-order valence-electron chi connectivity index (χ0n) is 13.2. The predicted octanol–water partition coefficient (Wildman–Crippen LogP) is 2.21. The molecule has 0 fully saturated rings. The van der Waals surface area contributed by atoms with Gasteiger partial charge in [-0.05, 0) is 17.7 Å². The number of halogens is 3. The largest absolute Gasteiger partial charge is 0.416 e. The van der Waals surface area contributed by atoms with Crippen LogP contribution in [0.2, 0.25) is 0 Å². The van der Waals surface area contributed by atoms with E-state index in [-0.39, 0.29) is 12.1 Å². The van der Waals surface area contributed by atoms with Crippen molar-refractivity contribution in [2.75, 3.05) is 6.54 Å². The molecule has 0 spiro atoms. The van der Waals surface area contributed by atoms with Crippen LogP contribution in [0.15, 0.2) is 41.5 Å². The number of fused-ring (bicyclic) bond motifs is 3. The molecule has 0 unspecified atom stereocenters. The zero-order valence-corrected chi connectivity index (χ0v) is 13.2. The van der Waals surface area contributed by atoms with Gasteiger partial charge in [-0.2, -0.15) is 13.2 Å². The summed E-state index contributed by atoms with van der Waals surface area (Å²) in [7, 11) is 0. The number of rotatable bonds is 2. The van der Waals surface area contributed by atoms with Crippen molar-refractivity contribution in [2.24, 2.45) is 0 Å². The lowest BCUT2D eigenvalue weighted by molar-refractivity contribution is -0.137. The van der Waals surface area contributed by atoms with Crippen LogP contribution >= 0.6 is 0 Å². The second kappa shape index (κ2) is 5.73. The highest BCUT2D eigenvalue weighted by atomic mass is 19.4. The van der Waals surface area contributed by atoms with Crippen molar-refractivity contribution in [3.05, 3.63) is 69.4 Å². The highest BCUT2D eigenvalue weighted by molar-refractivity contribution is 5.38. The number of hydrogen-bond donors (Lipinski definition) is 1. The number of alkyl halides is 3. The Morgan fingerprint density at radius 3 is 2.68 bits per heavy atom. The SMILES string of the molecule is O=c1c2c(n3ccnc3n1Cc1ccc(C(F)(F)F)cc1)CCNC2. The summed E-state index contributed by atoms with van der Waals surface area (Å²) >= 11 is 0. The van der Waals surface area contributed by atoms with Crippen LogP contribution in [-0.4, -0.2) is 20.5 Å².